The molecule has 1 unspecified atom stereocenters. The second-order valence-corrected chi connectivity index (χ2v) is 6.00. The van der Waals surface area contributed by atoms with Crippen molar-refractivity contribution < 1.29 is 14.7 Å². The van der Waals surface area contributed by atoms with Crippen LogP contribution in [0.15, 0.2) is 0 Å². The number of rotatable bonds is 2. The third-order valence-electron chi connectivity index (χ3n) is 4.62. The molecule has 0 bridgehead atoms. The van der Waals surface area contributed by atoms with E-state index in [1.165, 1.54) is 4.90 Å². The zero-order chi connectivity index (χ0) is 14.0. The molecule has 0 spiro atoms. The number of carbonyl (C=O) groups is 2. The van der Waals surface area contributed by atoms with Gasteiger partial charge in [-0.1, -0.05) is 6.92 Å². The van der Waals surface area contributed by atoms with Gasteiger partial charge in [-0.3, -0.25) is 0 Å². The van der Waals surface area contributed by atoms with Crippen molar-refractivity contribution in [2.45, 2.75) is 57.5 Å². The fraction of sp³-hybridized carbons (Fsp3) is 0.857. The number of hydrogen-bond acceptors (Lipinski definition) is 2. The van der Waals surface area contributed by atoms with E-state index < -0.39 is 12.0 Å². The SMILES string of the molecule is CC1CCC(N(C)C(=O)N2CCCC2C(=O)O)CC1. The van der Waals surface area contributed by atoms with E-state index in [-0.39, 0.29) is 12.1 Å². The molecule has 1 heterocycles. The van der Waals surface area contributed by atoms with Crippen molar-refractivity contribution in [3.05, 3.63) is 0 Å². The lowest BCUT2D eigenvalue weighted by Crippen LogP contribution is -2.50. The molecule has 2 amide bonds. The first-order valence-corrected chi connectivity index (χ1v) is 7.27. The van der Waals surface area contributed by atoms with Crippen molar-refractivity contribution >= 4 is 12.0 Å². The molecule has 1 saturated heterocycles. The van der Waals surface area contributed by atoms with Gasteiger partial charge in [0.2, 0.25) is 0 Å². The molecule has 108 valence electrons. The minimum atomic E-state index is -0.878. The van der Waals surface area contributed by atoms with Gasteiger partial charge < -0.3 is 14.9 Å². The minimum absolute atomic E-state index is 0.107. The van der Waals surface area contributed by atoms with Gasteiger partial charge in [-0.2, -0.15) is 0 Å². The summed E-state index contributed by atoms with van der Waals surface area (Å²) in [5, 5.41) is 9.15. The summed E-state index contributed by atoms with van der Waals surface area (Å²) in [5.41, 5.74) is 0. The summed E-state index contributed by atoms with van der Waals surface area (Å²) in [6.45, 7) is 2.82. The van der Waals surface area contributed by atoms with E-state index in [9.17, 15) is 9.59 Å². The maximum Gasteiger partial charge on any atom is 0.326 e. The lowest BCUT2D eigenvalue weighted by molar-refractivity contribution is -0.141. The van der Waals surface area contributed by atoms with Crippen LogP contribution < -0.4 is 0 Å². The van der Waals surface area contributed by atoms with Gasteiger partial charge in [0, 0.05) is 19.6 Å². The molecule has 1 atom stereocenters. The molecule has 0 aromatic rings. The average molecular weight is 268 g/mol. The van der Waals surface area contributed by atoms with Crippen LogP contribution >= 0.6 is 0 Å². The Kier molecular flexibility index (Phi) is 4.32. The third-order valence-corrected chi connectivity index (χ3v) is 4.62. The van der Waals surface area contributed by atoms with Crippen molar-refractivity contribution in [3.63, 3.8) is 0 Å². The van der Waals surface area contributed by atoms with E-state index >= 15 is 0 Å². The number of hydrogen-bond donors (Lipinski definition) is 1. The maximum absolute atomic E-state index is 12.4. The van der Waals surface area contributed by atoms with E-state index in [0.717, 1.165) is 38.0 Å². The van der Waals surface area contributed by atoms with Crippen LogP contribution in [0.25, 0.3) is 0 Å². The highest BCUT2D eigenvalue weighted by molar-refractivity contribution is 5.83. The van der Waals surface area contributed by atoms with Gasteiger partial charge in [-0.05, 0) is 44.4 Å². The standard InChI is InChI=1S/C14H24N2O3/c1-10-5-7-11(8-6-10)15(2)14(19)16-9-3-4-12(16)13(17)18/h10-12H,3-9H2,1-2H3,(H,17,18). The molecule has 0 aromatic carbocycles. The van der Waals surface area contributed by atoms with E-state index in [4.69, 9.17) is 5.11 Å². The number of urea groups is 1. The van der Waals surface area contributed by atoms with Gasteiger partial charge in [0.05, 0.1) is 0 Å². The highest BCUT2D eigenvalue weighted by Gasteiger charge is 2.37. The van der Waals surface area contributed by atoms with E-state index in [0.29, 0.717) is 13.0 Å². The third kappa shape index (κ3) is 3.01. The molecule has 1 saturated carbocycles. The monoisotopic (exact) mass is 268 g/mol. The predicted molar refractivity (Wildman–Crippen MR) is 71.9 cm³/mol. The Labute approximate surface area is 114 Å². The van der Waals surface area contributed by atoms with Crippen LogP contribution in [0, 0.1) is 5.92 Å². The van der Waals surface area contributed by atoms with Crippen LogP contribution in [0.3, 0.4) is 0 Å². The van der Waals surface area contributed by atoms with Crippen LogP contribution in [0.2, 0.25) is 0 Å². The van der Waals surface area contributed by atoms with Crippen molar-refractivity contribution in [3.8, 4) is 0 Å². The summed E-state index contributed by atoms with van der Waals surface area (Å²) in [5.74, 6) is -0.130. The Hall–Kier alpha value is -1.26. The molecular weight excluding hydrogens is 244 g/mol. The summed E-state index contributed by atoms with van der Waals surface area (Å²) in [6.07, 6.45) is 5.76. The molecule has 2 fully saturated rings. The van der Waals surface area contributed by atoms with E-state index in [1.807, 2.05) is 7.05 Å². The molecule has 2 rings (SSSR count). The zero-order valence-electron chi connectivity index (χ0n) is 11.8. The van der Waals surface area contributed by atoms with Gasteiger partial charge in [0.25, 0.3) is 0 Å². The van der Waals surface area contributed by atoms with Gasteiger partial charge in [-0.15, -0.1) is 0 Å². The molecule has 1 aliphatic carbocycles. The van der Waals surface area contributed by atoms with Crippen molar-refractivity contribution in [2.75, 3.05) is 13.6 Å². The Bertz CT molecular complexity index is 351. The fourth-order valence-electron chi connectivity index (χ4n) is 3.24. The van der Waals surface area contributed by atoms with Gasteiger partial charge in [0.1, 0.15) is 6.04 Å². The molecule has 19 heavy (non-hydrogen) atoms. The second-order valence-electron chi connectivity index (χ2n) is 6.00. The van der Waals surface area contributed by atoms with Crippen LogP contribution in [-0.4, -0.2) is 52.6 Å². The first-order chi connectivity index (χ1) is 9.00. The lowest BCUT2D eigenvalue weighted by atomic mass is 9.87. The molecule has 0 radical (unpaired) electrons. The van der Waals surface area contributed by atoms with E-state index in [1.54, 1.807) is 4.90 Å². The number of carboxylic acids is 1. The number of nitrogens with zero attached hydrogens (tertiary/aromatic N) is 2. The molecule has 2 aliphatic rings. The maximum atomic E-state index is 12.4. The Morgan fingerprint density at radius 1 is 1.16 bits per heavy atom. The smallest absolute Gasteiger partial charge is 0.326 e. The first-order valence-electron chi connectivity index (χ1n) is 7.27. The number of aliphatic carboxylic acids is 1. The second kappa shape index (κ2) is 5.80. The number of amides is 2. The summed E-state index contributed by atoms with van der Waals surface area (Å²) in [6, 6.07) is -0.458. The van der Waals surface area contributed by atoms with Crippen molar-refractivity contribution in [2.24, 2.45) is 5.92 Å². The summed E-state index contributed by atoms with van der Waals surface area (Å²) < 4.78 is 0. The number of carboxylic acid groups (broad SMARTS) is 1. The van der Waals surface area contributed by atoms with Gasteiger partial charge in [0.15, 0.2) is 0 Å². The predicted octanol–water partition coefficient (Wildman–Crippen LogP) is 2.17. The zero-order valence-corrected chi connectivity index (χ0v) is 11.8. The highest BCUT2D eigenvalue weighted by atomic mass is 16.4. The lowest BCUT2D eigenvalue weighted by Gasteiger charge is -2.36. The minimum Gasteiger partial charge on any atom is -0.480 e. The van der Waals surface area contributed by atoms with E-state index in [2.05, 4.69) is 6.92 Å². The Morgan fingerprint density at radius 3 is 2.37 bits per heavy atom. The van der Waals surface area contributed by atoms with Gasteiger partial charge in [-0.25, -0.2) is 9.59 Å². The summed E-state index contributed by atoms with van der Waals surface area (Å²) in [4.78, 5) is 26.9. The van der Waals surface area contributed by atoms with Crippen LogP contribution in [0.5, 0.6) is 0 Å². The normalized spacial score (nSPS) is 31.3. The number of likely N-dealkylation sites (tertiary alicyclic amines) is 1. The topological polar surface area (TPSA) is 60.9 Å². The average Bonchev–Trinajstić information content (AvgIpc) is 2.87. The van der Waals surface area contributed by atoms with Crippen molar-refractivity contribution in [1.82, 2.24) is 9.80 Å². The molecular formula is C14H24N2O3. The quantitative estimate of drug-likeness (QED) is 0.835. The van der Waals surface area contributed by atoms with Crippen LogP contribution in [0.1, 0.15) is 45.4 Å². The highest BCUT2D eigenvalue weighted by Crippen LogP contribution is 2.28. The van der Waals surface area contributed by atoms with Crippen LogP contribution in [-0.2, 0) is 4.79 Å². The Morgan fingerprint density at radius 2 is 1.79 bits per heavy atom. The molecule has 0 aromatic heterocycles. The summed E-state index contributed by atoms with van der Waals surface area (Å²) >= 11 is 0. The summed E-state index contributed by atoms with van der Waals surface area (Å²) in [7, 11) is 1.82. The molecule has 1 N–H and O–H groups in total. The molecule has 5 nitrogen and oxygen atoms in total. The fourth-order valence-corrected chi connectivity index (χ4v) is 3.24. The Balaban J connectivity index is 1.96. The largest absolute Gasteiger partial charge is 0.480 e. The molecule has 5 heteroatoms. The van der Waals surface area contributed by atoms with Crippen LogP contribution in [0.4, 0.5) is 4.79 Å². The van der Waals surface area contributed by atoms with Gasteiger partial charge >= 0.3 is 12.0 Å². The number of carbonyl (C=O) groups excluding carboxylic acids is 1. The molecule has 1 aliphatic heterocycles. The first kappa shape index (κ1) is 14.2. The van der Waals surface area contributed by atoms with Crippen molar-refractivity contribution in [1.29, 1.82) is 0 Å².